The number of carbonyl (C=O) groups excluding carboxylic acids is 1. The molecule has 0 saturated carbocycles. The summed E-state index contributed by atoms with van der Waals surface area (Å²) >= 11 is 1.10. The summed E-state index contributed by atoms with van der Waals surface area (Å²) < 4.78 is 18.4. The number of nitrogens with one attached hydrogen (secondary N) is 1. The van der Waals surface area contributed by atoms with Crippen LogP contribution in [0.2, 0.25) is 0 Å². The molecule has 0 aliphatic rings. The van der Waals surface area contributed by atoms with E-state index in [9.17, 15) is 14.0 Å². The van der Waals surface area contributed by atoms with Crippen LogP contribution in [0.15, 0.2) is 47.4 Å². The molecule has 0 unspecified atom stereocenters. The van der Waals surface area contributed by atoms with E-state index < -0.39 is 5.97 Å². The van der Waals surface area contributed by atoms with Crippen molar-refractivity contribution in [2.24, 2.45) is 0 Å². The van der Waals surface area contributed by atoms with Crippen molar-refractivity contribution in [2.45, 2.75) is 11.4 Å². The van der Waals surface area contributed by atoms with Crippen LogP contribution in [-0.4, -0.2) is 29.8 Å². The maximum atomic E-state index is 13.5. The lowest BCUT2D eigenvalue weighted by atomic mass is 10.1. The second-order valence-electron chi connectivity index (χ2n) is 4.84. The molecule has 0 aromatic heterocycles. The quantitative estimate of drug-likeness (QED) is 0.752. The van der Waals surface area contributed by atoms with Crippen molar-refractivity contribution >= 4 is 23.6 Å². The Balaban J connectivity index is 1.91. The van der Waals surface area contributed by atoms with Gasteiger partial charge in [0.2, 0.25) is 5.91 Å². The normalized spacial score (nSPS) is 10.2. The summed E-state index contributed by atoms with van der Waals surface area (Å²) in [6.45, 7) is 0.181. The van der Waals surface area contributed by atoms with Crippen LogP contribution < -0.4 is 10.1 Å². The zero-order chi connectivity index (χ0) is 17.5. The summed E-state index contributed by atoms with van der Waals surface area (Å²) in [5, 5.41) is 11.8. The Hall–Kier alpha value is -2.54. The summed E-state index contributed by atoms with van der Waals surface area (Å²) in [6, 6.07) is 10.9. The molecule has 1 amide bonds. The molecule has 0 saturated heterocycles. The average molecular weight is 349 g/mol. The Kier molecular flexibility index (Phi) is 6.20. The maximum Gasteiger partial charge on any atom is 0.339 e. The fourth-order valence-electron chi connectivity index (χ4n) is 1.99. The highest BCUT2D eigenvalue weighted by Crippen LogP contribution is 2.21. The van der Waals surface area contributed by atoms with E-state index in [1.165, 1.54) is 19.2 Å². The highest BCUT2D eigenvalue weighted by molar-refractivity contribution is 8.00. The first-order valence-electron chi connectivity index (χ1n) is 7.05. The summed E-state index contributed by atoms with van der Waals surface area (Å²) in [5.41, 5.74) is 0.669. The van der Waals surface area contributed by atoms with E-state index in [-0.39, 0.29) is 35.3 Å². The van der Waals surface area contributed by atoms with E-state index in [4.69, 9.17) is 9.84 Å². The second-order valence-corrected chi connectivity index (χ2v) is 5.85. The first kappa shape index (κ1) is 17.8. The van der Waals surface area contributed by atoms with Crippen molar-refractivity contribution in [3.63, 3.8) is 0 Å². The van der Waals surface area contributed by atoms with E-state index in [1.54, 1.807) is 30.3 Å². The van der Waals surface area contributed by atoms with Gasteiger partial charge in [-0.1, -0.05) is 18.2 Å². The van der Waals surface area contributed by atoms with Gasteiger partial charge in [-0.3, -0.25) is 4.79 Å². The van der Waals surface area contributed by atoms with Gasteiger partial charge in [-0.2, -0.15) is 0 Å². The average Bonchev–Trinajstić information content (AvgIpc) is 2.59. The van der Waals surface area contributed by atoms with Gasteiger partial charge in [0.1, 0.15) is 17.1 Å². The third-order valence-corrected chi connectivity index (χ3v) is 4.23. The Morgan fingerprint density at radius 3 is 2.67 bits per heavy atom. The molecule has 0 spiro atoms. The van der Waals surface area contributed by atoms with Crippen molar-refractivity contribution in [1.82, 2.24) is 5.32 Å². The van der Waals surface area contributed by atoms with Crippen molar-refractivity contribution < 1.29 is 23.8 Å². The van der Waals surface area contributed by atoms with E-state index in [0.29, 0.717) is 10.5 Å². The molecule has 0 heterocycles. The number of hydrogen-bond donors (Lipinski definition) is 2. The Labute approximate surface area is 142 Å². The summed E-state index contributed by atoms with van der Waals surface area (Å²) in [7, 11) is 1.39. The number of rotatable bonds is 7. The summed E-state index contributed by atoms with van der Waals surface area (Å²) in [6.07, 6.45) is 0. The van der Waals surface area contributed by atoms with Gasteiger partial charge < -0.3 is 15.2 Å². The van der Waals surface area contributed by atoms with Crippen molar-refractivity contribution in [3.05, 3.63) is 59.4 Å². The molecule has 0 aliphatic carbocycles. The molecule has 5 nitrogen and oxygen atoms in total. The molecule has 0 bridgehead atoms. The van der Waals surface area contributed by atoms with E-state index in [0.717, 1.165) is 11.8 Å². The monoisotopic (exact) mass is 349 g/mol. The smallest absolute Gasteiger partial charge is 0.339 e. The zero-order valence-electron chi connectivity index (χ0n) is 12.9. The lowest BCUT2D eigenvalue weighted by Gasteiger charge is -2.09. The van der Waals surface area contributed by atoms with Crippen molar-refractivity contribution in [2.75, 3.05) is 12.9 Å². The molecule has 24 heavy (non-hydrogen) atoms. The minimum Gasteiger partial charge on any atom is -0.496 e. The number of hydrogen-bond acceptors (Lipinski definition) is 4. The minimum atomic E-state index is -1.10. The molecule has 2 N–H and O–H groups in total. The number of benzene rings is 2. The summed E-state index contributed by atoms with van der Waals surface area (Å²) in [5.74, 6) is -1.40. The van der Waals surface area contributed by atoms with E-state index in [1.807, 2.05) is 0 Å². The fraction of sp³-hybridized carbons (Fsp3) is 0.176. The minimum absolute atomic E-state index is 0.0324. The fourth-order valence-corrected chi connectivity index (χ4v) is 2.76. The molecular formula is C17H16FNO4S. The van der Waals surface area contributed by atoms with Crippen LogP contribution in [0.3, 0.4) is 0 Å². The first-order chi connectivity index (χ1) is 11.5. The van der Waals surface area contributed by atoms with E-state index >= 15 is 0 Å². The molecule has 2 aromatic rings. The SMILES string of the molecule is COc1ccc(CNC(=O)CSc2ccccc2F)cc1C(=O)O. The first-order valence-corrected chi connectivity index (χ1v) is 8.04. The number of amides is 1. The van der Waals surface area contributed by atoms with Gasteiger partial charge in [-0.15, -0.1) is 11.8 Å². The van der Waals surface area contributed by atoms with Gasteiger partial charge in [0.25, 0.3) is 0 Å². The molecule has 0 radical (unpaired) electrons. The number of halogens is 1. The molecule has 7 heteroatoms. The lowest BCUT2D eigenvalue weighted by Crippen LogP contribution is -2.24. The second kappa shape index (κ2) is 8.35. The standard InChI is InChI=1S/C17H16FNO4S/c1-23-14-7-6-11(8-12(14)17(21)22)9-19-16(20)10-24-15-5-3-2-4-13(15)18/h2-8H,9-10H2,1H3,(H,19,20)(H,21,22). The van der Waals surface area contributed by atoms with Crippen LogP contribution >= 0.6 is 11.8 Å². The topological polar surface area (TPSA) is 75.6 Å². The molecular weight excluding hydrogens is 333 g/mol. The van der Waals surface area contributed by atoms with Crippen LogP contribution in [0.5, 0.6) is 5.75 Å². The number of thioether (sulfide) groups is 1. The molecule has 0 aliphatic heterocycles. The van der Waals surface area contributed by atoms with Crippen molar-refractivity contribution in [1.29, 1.82) is 0 Å². The van der Waals surface area contributed by atoms with Crippen molar-refractivity contribution in [3.8, 4) is 5.75 Å². The third kappa shape index (κ3) is 4.73. The number of aromatic carboxylic acids is 1. The number of ether oxygens (including phenoxy) is 1. The molecule has 0 fully saturated rings. The molecule has 2 rings (SSSR count). The van der Waals surface area contributed by atoms with Crippen LogP contribution in [0.25, 0.3) is 0 Å². The Morgan fingerprint density at radius 1 is 1.25 bits per heavy atom. The highest BCUT2D eigenvalue weighted by atomic mass is 32.2. The Bertz CT molecular complexity index is 751. The molecule has 2 aromatic carbocycles. The van der Waals surface area contributed by atoms with Gasteiger partial charge in [0.05, 0.1) is 12.9 Å². The molecule has 126 valence electrons. The van der Waals surface area contributed by atoms with Crippen LogP contribution in [0.4, 0.5) is 4.39 Å². The zero-order valence-corrected chi connectivity index (χ0v) is 13.7. The number of carboxylic acid groups (broad SMARTS) is 1. The Morgan fingerprint density at radius 2 is 2.00 bits per heavy atom. The highest BCUT2D eigenvalue weighted by Gasteiger charge is 2.12. The predicted molar refractivity (Wildman–Crippen MR) is 88.9 cm³/mol. The van der Waals surface area contributed by atoms with Gasteiger partial charge in [0.15, 0.2) is 0 Å². The van der Waals surface area contributed by atoms with Crippen LogP contribution in [0, 0.1) is 5.82 Å². The van der Waals surface area contributed by atoms with Gasteiger partial charge in [-0.25, -0.2) is 9.18 Å². The predicted octanol–water partition coefficient (Wildman–Crippen LogP) is 2.94. The molecule has 0 atom stereocenters. The van der Waals surface area contributed by atoms with Crippen LogP contribution in [-0.2, 0) is 11.3 Å². The summed E-state index contributed by atoms with van der Waals surface area (Å²) in [4.78, 5) is 23.4. The number of carbonyl (C=O) groups is 2. The van der Waals surface area contributed by atoms with Gasteiger partial charge in [-0.05, 0) is 29.8 Å². The number of methoxy groups -OCH3 is 1. The number of carboxylic acids is 1. The maximum absolute atomic E-state index is 13.5. The van der Waals surface area contributed by atoms with Gasteiger partial charge in [0, 0.05) is 11.4 Å². The van der Waals surface area contributed by atoms with Gasteiger partial charge >= 0.3 is 5.97 Å². The lowest BCUT2D eigenvalue weighted by molar-refractivity contribution is -0.118. The van der Waals surface area contributed by atoms with E-state index in [2.05, 4.69) is 5.32 Å². The third-order valence-electron chi connectivity index (χ3n) is 3.18. The van der Waals surface area contributed by atoms with Crippen LogP contribution in [0.1, 0.15) is 15.9 Å². The largest absolute Gasteiger partial charge is 0.496 e.